The van der Waals surface area contributed by atoms with Crippen LogP contribution in [0.25, 0.3) is 0 Å². The summed E-state index contributed by atoms with van der Waals surface area (Å²) in [6.45, 7) is -0.101. The van der Waals surface area contributed by atoms with Crippen molar-refractivity contribution < 1.29 is 18.3 Å². The van der Waals surface area contributed by atoms with E-state index in [-0.39, 0.29) is 18.5 Å². The molecule has 0 saturated carbocycles. The number of hydrogen-bond donors (Lipinski definition) is 2. The molecule has 0 amide bonds. The van der Waals surface area contributed by atoms with E-state index in [1.807, 2.05) is 0 Å². The largest absolute Gasteiger partial charge is 0.391 e. The van der Waals surface area contributed by atoms with Gasteiger partial charge in [-0.05, 0) is 0 Å². The van der Waals surface area contributed by atoms with E-state index in [9.17, 15) is 13.2 Å². The molecule has 1 unspecified atom stereocenters. The molecule has 0 spiro atoms. The van der Waals surface area contributed by atoms with Gasteiger partial charge in [0.15, 0.2) is 0 Å². The molecule has 0 aliphatic heterocycles. The molecular weight excluding hydrogens is 195 g/mol. The van der Waals surface area contributed by atoms with Gasteiger partial charge in [0.25, 0.3) is 0 Å². The standard InChI is InChI=1S/C9H10F3NO/c10-5-1-8(11)7(9(12)2-5)3-6(14)4-13/h1-2,6,14H,3-4,13H2. The fraction of sp³-hybridized carbons (Fsp3) is 0.333. The number of rotatable bonds is 3. The minimum Gasteiger partial charge on any atom is -0.391 e. The summed E-state index contributed by atoms with van der Waals surface area (Å²) in [6.07, 6.45) is -1.28. The molecule has 0 fully saturated rings. The highest BCUT2D eigenvalue weighted by atomic mass is 19.1. The highest BCUT2D eigenvalue weighted by Gasteiger charge is 2.14. The Kier molecular flexibility index (Phi) is 3.49. The van der Waals surface area contributed by atoms with Gasteiger partial charge in [-0.25, -0.2) is 13.2 Å². The van der Waals surface area contributed by atoms with Gasteiger partial charge in [0, 0.05) is 30.7 Å². The van der Waals surface area contributed by atoms with Crippen LogP contribution in [0.15, 0.2) is 12.1 Å². The van der Waals surface area contributed by atoms with Crippen LogP contribution in [0.3, 0.4) is 0 Å². The summed E-state index contributed by atoms with van der Waals surface area (Å²) in [5.41, 5.74) is 4.74. The van der Waals surface area contributed by atoms with Crippen LogP contribution in [-0.2, 0) is 6.42 Å². The lowest BCUT2D eigenvalue weighted by Gasteiger charge is -2.09. The predicted molar refractivity (Wildman–Crippen MR) is 45.1 cm³/mol. The topological polar surface area (TPSA) is 46.2 Å². The lowest BCUT2D eigenvalue weighted by molar-refractivity contribution is 0.180. The number of aliphatic hydroxyl groups is 1. The molecule has 0 aliphatic carbocycles. The first kappa shape index (κ1) is 11.0. The summed E-state index contributed by atoms with van der Waals surface area (Å²) in [4.78, 5) is 0. The summed E-state index contributed by atoms with van der Waals surface area (Å²) in [7, 11) is 0. The van der Waals surface area contributed by atoms with Gasteiger partial charge in [0.2, 0.25) is 0 Å². The fourth-order valence-corrected chi connectivity index (χ4v) is 1.09. The second kappa shape index (κ2) is 4.43. The number of hydrogen-bond acceptors (Lipinski definition) is 2. The van der Waals surface area contributed by atoms with Crippen molar-refractivity contribution in [3.63, 3.8) is 0 Å². The van der Waals surface area contributed by atoms with Crippen LogP contribution in [0.1, 0.15) is 5.56 Å². The summed E-state index contributed by atoms with van der Waals surface area (Å²) in [5.74, 6) is -2.99. The quantitative estimate of drug-likeness (QED) is 0.772. The fourth-order valence-electron chi connectivity index (χ4n) is 1.09. The van der Waals surface area contributed by atoms with E-state index < -0.39 is 23.6 Å². The third-order valence-corrected chi connectivity index (χ3v) is 1.82. The molecule has 0 aliphatic rings. The average molecular weight is 205 g/mol. The van der Waals surface area contributed by atoms with E-state index >= 15 is 0 Å². The summed E-state index contributed by atoms with van der Waals surface area (Å²) < 4.78 is 38.4. The number of halogens is 3. The summed E-state index contributed by atoms with van der Waals surface area (Å²) >= 11 is 0. The van der Waals surface area contributed by atoms with Gasteiger partial charge in [-0.2, -0.15) is 0 Å². The molecule has 14 heavy (non-hydrogen) atoms. The zero-order chi connectivity index (χ0) is 10.7. The number of benzene rings is 1. The molecule has 3 N–H and O–H groups in total. The Hall–Kier alpha value is -1.07. The van der Waals surface area contributed by atoms with Crippen molar-refractivity contribution in [2.45, 2.75) is 12.5 Å². The van der Waals surface area contributed by atoms with Gasteiger partial charge in [-0.1, -0.05) is 0 Å². The van der Waals surface area contributed by atoms with Gasteiger partial charge in [-0.15, -0.1) is 0 Å². The normalized spacial score (nSPS) is 12.9. The Balaban J connectivity index is 2.96. The maximum atomic E-state index is 13.0. The van der Waals surface area contributed by atoms with Gasteiger partial charge < -0.3 is 10.8 Å². The highest BCUT2D eigenvalue weighted by molar-refractivity contribution is 5.21. The smallest absolute Gasteiger partial charge is 0.132 e. The molecule has 78 valence electrons. The summed E-state index contributed by atoms with van der Waals surface area (Å²) in [6, 6.07) is 1.14. The molecule has 1 atom stereocenters. The molecule has 1 aromatic rings. The van der Waals surface area contributed by atoms with Gasteiger partial charge in [0.05, 0.1) is 6.10 Å². The third kappa shape index (κ3) is 2.46. The predicted octanol–water partition coefficient (Wildman–Crippen LogP) is 0.966. The van der Waals surface area contributed by atoms with Crippen LogP contribution < -0.4 is 5.73 Å². The molecule has 2 nitrogen and oxygen atoms in total. The van der Waals surface area contributed by atoms with Crippen LogP contribution in [0.4, 0.5) is 13.2 Å². The molecule has 0 aromatic heterocycles. The van der Waals surface area contributed by atoms with Gasteiger partial charge >= 0.3 is 0 Å². The molecule has 5 heteroatoms. The molecule has 0 bridgehead atoms. The second-order valence-corrected chi connectivity index (χ2v) is 2.94. The minimum absolute atomic E-state index is 0.101. The van der Waals surface area contributed by atoms with E-state index in [4.69, 9.17) is 10.8 Å². The second-order valence-electron chi connectivity index (χ2n) is 2.94. The van der Waals surface area contributed by atoms with Crippen molar-refractivity contribution in [1.82, 2.24) is 0 Å². The van der Waals surface area contributed by atoms with Gasteiger partial charge in [0.1, 0.15) is 17.5 Å². The lowest BCUT2D eigenvalue weighted by atomic mass is 10.1. The Bertz CT molecular complexity index is 307. The van der Waals surface area contributed by atoms with Crippen LogP contribution >= 0.6 is 0 Å². The first-order valence-corrected chi connectivity index (χ1v) is 4.06. The Morgan fingerprint density at radius 2 is 1.71 bits per heavy atom. The first-order valence-electron chi connectivity index (χ1n) is 4.06. The maximum Gasteiger partial charge on any atom is 0.132 e. The van der Waals surface area contributed by atoms with Crippen molar-refractivity contribution in [1.29, 1.82) is 0 Å². The molecule has 0 heterocycles. The first-order chi connectivity index (χ1) is 6.54. The van der Waals surface area contributed by atoms with E-state index in [2.05, 4.69) is 0 Å². The van der Waals surface area contributed by atoms with Crippen molar-refractivity contribution in [3.05, 3.63) is 35.1 Å². The SMILES string of the molecule is NCC(O)Cc1c(F)cc(F)cc1F. The van der Waals surface area contributed by atoms with Crippen LogP contribution in [0.5, 0.6) is 0 Å². The van der Waals surface area contributed by atoms with E-state index in [1.54, 1.807) is 0 Å². The van der Waals surface area contributed by atoms with E-state index in [0.29, 0.717) is 12.1 Å². The van der Waals surface area contributed by atoms with Crippen molar-refractivity contribution in [2.24, 2.45) is 5.73 Å². The molecule has 1 aromatic carbocycles. The molecule has 0 radical (unpaired) electrons. The van der Waals surface area contributed by atoms with Crippen molar-refractivity contribution in [3.8, 4) is 0 Å². The molecule has 1 rings (SSSR count). The number of nitrogens with two attached hydrogens (primary N) is 1. The monoisotopic (exact) mass is 205 g/mol. The van der Waals surface area contributed by atoms with E-state index in [0.717, 1.165) is 0 Å². The highest BCUT2D eigenvalue weighted by Crippen LogP contribution is 2.16. The Morgan fingerprint density at radius 1 is 1.21 bits per heavy atom. The van der Waals surface area contributed by atoms with Gasteiger partial charge in [-0.3, -0.25) is 0 Å². The minimum atomic E-state index is -1.02. The van der Waals surface area contributed by atoms with E-state index in [1.165, 1.54) is 0 Å². The zero-order valence-corrected chi connectivity index (χ0v) is 7.30. The summed E-state index contributed by atoms with van der Waals surface area (Å²) in [5, 5.41) is 9.08. The van der Waals surface area contributed by atoms with Crippen LogP contribution in [0.2, 0.25) is 0 Å². The molecular formula is C9H10F3NO. The van der Waals surface area contributed by atoms with Crippen LogP contribution in [-0.4, -0.2) is 17.8 Å². The molecule has 0 saturated heterocycles. The van der Waals surface area contributed by atoms with Crippen LogP contribution in [0, 0.1) is 17.5 Å². The number of aliphatic hydroxyl groups excluding tert-OH is 1. The Labute approximate surface area is 79.2 Å². The lowest BCUT2D eigenvalue weighted by Crippen LogP contribution is -2.23. The van der Waals surface area contributed by atoms with Crippen molar-refractivity contribution >= 4 is 0 Å². The maximum absolute atomic E-state index is 13.0. The zero-order valence-electron chi connectivity index (χ0n) is 7.30. The Morgan fingerprint density at radius 3 is 2.14 bits per heavy atom. The third-order valence-electron chi connectivity index (χ3n) is 1.82. The average Bonchev–Trinajstić information content (AvgIpc) is 2.10. The van der Waals surface area contributed by atoms with Crippen molar-refractivity contribution in [2.75, 3.05) is 6.54 Å².